The highest BCUT2D eigenvalue weighted by molar-refractivity contribution is 5.83. The molecule has 0 atom stereocenters. The number of nitrogen functional groups attached to an aromatic ring is 1. The maximum atomic E-state index is 5.73. The molecule has 0 aliphatic heterocycles. The van der Waals surface area contributed by atoms with Gasteiger partial charge < -0.3 is 20.1 Å². The van der Waals surface area contributed by atoms with Gasteiger partial charge in [-0.25, -0.2) is 4.98 Å². The predicted octanol–water partition coefficient (Wildman–Crippen LogP) is 1.02. The van der Waals surface area contributed by atoms with Gasteiger partial charge in [0.25, 0.3) is 0 Å². The summed E-state index contributed by atoms with van der Waals surface area (Å²) in [7, 11) is 1.84. The summed E-state index contributed by atoms with van der Waals surface area (Å²) in [5.74, 6) is 1.62. The molecule has 4 aromatic rings. The number of rotatable bonds is 4. The lowest BCUT2D eigenvalue weighted by Gasteiger charge is -2.16. The van der Waals surface area contributed by atoms with Crippen molar-refractivity contribution >= 4 is 22.9 Å². The van der Waals surface area contributed by atoms with Crippen molar-refractivity contribution in [3.8, 4) is 11.5 Å². The molecule has 4 heterocycles. The number of hydrogen-bond donors (Lipinski definition) is 2. The molecule has 0 spiro atoms. The van der Waals surface area contributed by atoms with Crippen LogP contribution in [0.4, 0.5) is 11.8 Å². The second kappa shape index (κ2) is 5.57. The number of aromatic nitrogens is 7. The number of hydrogen-bond acceptors (Lipinski definition) is 9. The first-order chi connectivity index (χ1) is 11.7. The summed E-state index contributed by atoms with van der Waals surface area (Å²) in [6.45, 7) is 0.352. The monoisotopic (exact) mass is 323 g/mol. The molecule has 4 rings (SSSR count). The molecule has 0 amide bonds. The lowest BCUT2D eigenvalue weighted by Crippen LogP contribution is -2.19. The van der Waals surface area contributed by atoms with Gasteiger partial charge in [-0.05, 0) is 12.1 Å². The second-order valence-electron chi connectivity index (χ2n) is 5.09. The Morgan fingerprint density at radius 1 is 1.21 bits per heavy atom. The molecule has 4 aromatic heterocycles. The molecule has 0 bridgehead atoms. The molecule has 24 heavy (non-hydrogen) atoms. The molecule has 0 saturated heterocycles. The number of nitrogens with zero attached hydrogens (tertiary/aromatic N) is 7. The first kappa shape index (κ1) is 14.1. The van der Waals surface area contributed by atoms with E-state index in [4.69, 9.17) is 10.3 Å². The Bertz CT molecular complexity index is 978. The van der Waals surface area contributed by atoms with E-state index in [-0.39, 0.29) is 5.95 Å². The van der Waals surface area contributed by atoms with E-state index in [9.17, 15) is 0 Å². The zero-order chi connectivity index (χ0) is 16.5. The number of H-pyrrole nitrogens is 1. The molecule has 3 N–H and O–H groups in total. The summed E-state index contributed by atoms with van der Waals surface area (Å²) in [5, 5.41) is 3.95. The minimum atomic E-state index is 0.149. The van der Waals surface area contributed by atoms with Crippen molar-refractivity contribution in [2.45, 2.75) is 6.54 Å². The fourth-order valence-corrected chi connectivity index (χ4v) is 2.31. The minimum absolute atomic E-state index is 0.149. The number of fused-ring (bicyclic) bond motifs is 1. The van der Waals surface area contributed by atoms with E-state index in [2.05, 4.69) is 35.1 Å². The zero-order valence-corrected chi connectivity index (χ0v) is 12.7. The van der Waals surface area contributed by atoms with Crippen molar-refractivity contribution in [1.82, 2.24) is 35.1 Å². The number of anilines is 2. The molecule has 0 aliphatic carbocycles. The standard InChI is InChI=1S/C14H13N9O/c1-23(13-10-12(18-7-17-10)20-14(15)21-13)6-9-19-11(22-24-9)8-4-2-3-5-16-8/h2-5,7H,6H2,1H3,(H3,15,17,18,20,21). The van der Waals surface area contributed by atoms with Crippen LogP contribution < -0.4 is 10.6 Å². The fourth-order valence-electron chi connectivity index (χ4n) is 2.31. The van der Waals surface area contributed by atoms with Gasteiger partial charge in [0, 0.05) is 13.2 Å². The van der Waals surface area contributed by atoms with Gasteiger partial charge in [0.05, 0.1) is 12.9 Å². The van der Waals surface area contributed by atoms with Crippen LogP contribution in [0.1, 0.15) is 5.89 Å². The number of nitrogens with one attached hydrogen (secondary N) is 1. The first-order valence-electron chi connectivity index (χ1n) is 7.12. The Hall–Kier alpha value is -3.56. The van der Waals surface area contributed by atoms with Crippen LogP contribution in [0.2, 0.25) is 0 Å². The van der Waals surface area contributed by atoms with Crippen LogP contribution in [0.15, 0.2) is 35.2 Å². The number of imidazole rings is 1. The summed E-state index contributed by atoms with van der Waals surface area (Å²) in [6, 6.07) is 5.51. The van der Waals surface area contributed by atoms with Crippen molar-refractivity contribution in [3.63, 3.8) is 0 Å². The van der Waals surface area contributed by atoms with Gasteiger partial charge in [-0.15, -0.1) is 0 Å². The maximum Gasteiger partial charge on any atom is 0.246 e. The van der Waals surface area contributed by atoms with Crippen molar-refractivity contribution < 1.29 is 4.52 Å². The lowest BCUT2D eigenvalue weighted by molar-refractivity contribution is 0.378. The van der Waals surface area contributed by atoms with Gasteiger partial charge in [-0.1, -0.05) is 11.2 Å². The van der Waals surface area contributed by atoms with Gasteiger partial charge in [0.15, 0.2) is 11.5 Å². The van der Waals surface area contributed by atoms with E-state index in [1.54, 1.807) is 12.5 Å². The molecule has 0 fully saturated rings. The van der Waals surface area contributed by atoms with Gasteiger partial charge in [-0.3, -0.25) is 4.98 Å². The van der Waals surface area contributed by atoms with Crippen LogP contribution in [0.5, 0.6) is 0 Å². The van der Waals surface area contributed by atoms with E-state index in [0.717, 1.165) is 0 Å². The number of pyridine rings is 1. The Kier molecular flexibility index (Phi) is 3.26. The third-order valence-corrected chi connectivity index (χ3v) is 3.38. The molecule has 0 radical (unpaired) electrons. The number of nitrogens with two attached hydrogens (primary N) is 1. The third-order valence-electron chi connectivity index (χ3n) is 3.38. The Labute approximate surface area is 135 Å². The Morgan fingerprint density at radius 3 is 2.96 bits per heavy atom. The zero-order valence-electron chi connectivity index (χ0n) is 12.7. The average molecular weight is 323 g/mol. The molecule has 10 heteroatoms. The second-order valence-corrected chi connectivity index (χ2v) is 5.09. The highest BCUT2D eigenvalue weighted by atomic mass is 16.5. The summed E-state index contributed by atoms with van der Waals surface area (Å²) in [6.07, 6.45) is 3.22. The molecule has 0 saturated carbocycles. The van der Waals surface area contributed by atoms with Crippen LogP contribution in [0.3, 0.4) is 0 Å². The van der Waals surface area contributed by atoms with E-state index < -0.39 is 0 Å². The van der Waals surface area contributed by atoms with Crippen LogP contribution >= 0.6 is 0 Å². The molecule has 0 aromatic carbocycles. The van der Waals surface area contributed by atoms with Crippen molar-refractivity contribution in [2.24, 2.45) is 0 Å². The van der Waals surface area contributed by atoms with Crippen molar-refractivity contribution in [3.05, 3.63) is 36.6 Å². The van der Waals surface area contributed by atoms with E-state index in [1.165, 1.54) is 0 Å². The largest absolute Gasteiger partial charge is 0.368 e. The van der Waals surface area contributed by atoms with Crippen LogP contribution in [-0.2, 0) is 6.54 Å². The highest BCUT2D eigenvalue weighted by Gasteiger charge is 2.16. The summed E-state index contributed by atoms with van der Waals surface area (Å²) in [4.78, 5) is 25.8. The SMILES string of the molecule is CN(Cc1nc(-c2ccccn2)no1)c1nc(N)nc2nc[nH]c12. The topological polar surface area (TPSA) is 136 Å². The smallest absolute Gasteiger partial charge is 0.246 e. The average Bonchev–Trinajstić information content (AvgIpc) is 3.24. The van der Waals surface area contributed by atoms with Crippen molar-refractivity contribution in [1.29, 1.82) is 0 Å². The third kappa shape index (κ3) is 2.49. The van der Waals surface area contributed by atoms with Crippen LogP contribution in [0.25, 0.3) is 22.7 Å². The predicted molar refractivity (Wildman–Crippen MR) is 85.7 cm³/mol. The molecule has 0 aliphatic rings. The molecule has 0 unspecified atom stereocenters. The van der Waals surface area contributed by atoms with E-state index >= 15 is 0 Å². The van der Waals surface area contributed by atoms with E-state index in [0.29, 0.717) is 40.9 Å². The number of aromatic amines is 1. The summed E-state index contributed by atoms with van der Waals surface area (Å²) in [5.41, 5.74) is 7.58. The maximum absolute atomic E-state index is 5.73. The van der Waals surface area contributed by atoms with Gasteiger partial charge >= 0.3 is 0 Å². The van der Waals surface area contributed by atoms with Gasteiger partial charge in [0.2, 0.25) is 17.7 Å². The minimum Gasteiger partial charge on any atom is -0.368 e. The van der Waals surface area contributed by atoms with Crippen LogP contribution in [-0.4, -0.2) is 42.1 Å². The lowest BCUT2D eigenvalue weighted by atomic mass is 10.3. The fraction of sp³-hybridized carbons (Fsp3) is 0.143. The quantitative estimate of drug-likeness (QED) is 0.564. The molecule has 120 valence electrons. The first-order valence-corrected chi connectivity index (χ1v) is 7.12. The molecular weight excluding hydrogens is 310 g/mol. The van der Waals surface area contributed by atoms with Gasteiger partial charge in [-0.2, -0.15) is 15.0 Å². The van der Waals surface area contributed by atoms with E-state index in [1.807, 2.05) is 30.1 Å². The van der Waals surface area contributed by atoms with Gasteiger partial charge in [0.1, 0.15) is 11.2 Å². The highest BCUT2D eigenvalue weighted by Crippen LogP contribution is 2.22. The Morgan fingerprint density at radius 2 is 2.12 bits per heavy atom. The molecule has 10 nitrogen and oxygen atoms in total. The summed E-state index contributed by atoms with van der Waals surface area (Å²) < 4.78 is 5.29. The molecular formula is C14H13N9O. The normalized spacial score (nSPS) is 11.0. The Balaban J connectivity index is 1.61. The summed E-state index contributed by atoms with van der Waals surface area (Å²) >= 11 is 0. The van der Waals surface area contributed by atoms with Crippen molar-refractivity contribution in [2.75, 3.05) is 17.7 Å². The van der Waals surface area contributed by atoms with Crippen LogP contribution in [0, 0.1) is 0 Å².